The van der Waals surface area contributed by atoms with E-state index in [2.05, 4.69) is 22.6 Å². The summed E-state index contributed by atoms with van der Waals surface area (Å²) in [6.07, 6.45) is 0. The molecule has 0 atom stereocenters. The van der Waals surface area contributed by atoms with Crippen LogP contribution in [0.5, 0.6) is 11.5 Å². The first-order chi connectivity index (χ1) is 7.65. The Bertz CT molecular complexity index is 499. The molecule has 0 aromatic heterocycles. The molecule has 82 valence electrons. The summed E-state index contributed by atoms with van der Waals surface area (Å²) in [5.41, 5.74) is 6.47. The number of anilines is 1. The highest BCUT2D eigenvalue weighted by Crippen LogP contribution is 2.29. The van der Waals surface area contributed by atoms with Gasteiger partial charge in [-0.15, -0.1) is 0 Å². The minimum atomic E-state index is 0.627. The van der Waals surface area contributed by atoms with Gasteiger partial charge in [0.2, 0.25) is 0 Å². The molecule has 0 aliphatic heterocycles. The van der Waals surface area contributed by atoms with Crippen molar-refractivity contribution in [2.45, 2.75) is 0 Å². The van der Waals surface area contributed by atoms with Crippen LogP contribution >= 0.6 is 34.2 Å². The van der Waals surface area contributed by atoms with Crippen LogP contribution in [0.25, 0.3) is 0 Å². The number of ether oxygens (including phenoxy) is 1. The van der Waals surface area contributed by atoms with Crippen LogP contribution in [0.3, 0.4) is 0 Å². The average molecular weight is 346 g/mol. The average Bonchev–Trinajstić information content (AvgIpc) is 2.25. The molecule has 0 aliphatic rings. The molecule has 0 bridgehead atoms. The number of hydrogen-bond donors (Lipinski definition) is 1. The van der Waals surface area contributed by atoms with E-state index >= 15 is 0 Å². The van der Waals surface area contributed by atoms with E-state index in [1.807, 2.05) is 18.2 Å². The van der Waals surface area contributed by atoms with Crippen molar-refractivity contribution in [2.75, 3.05) is 5.73 Å². The number of nitrogen functional groups attached to an aromatic ring is 1. The molecule has 0 fully saturated rings. The molecule has 4 heteroatoms. The van der Waals surface area contributed by atoms with Gasteiger partial charge in [0, 0.05) is 8.59 Å². The van der Waals surface area contributed by atoms with Gasteiger partial charge in [-0.25, -0.2) is 0 Å². The SMILES string of the molecule is Nc1cc(I)ccc1Oc1ccc(Cl)cc1. The lowest BCUT2D eigenvalue weighted by atomic mass is 10.3. The van der Waals surface area contributed by atoms with E-state index < -0.39 is 0 Å². The van der Waals surface area contributed by atoms with E-state index in [-0.39, 0.29) is 0 Å². The summed E-state index contributed by atoms with van der Waals surface area (Å²) in [5.74, 6) is 1.38. The van der Waals surface area contributed by atoms with Crippen LogP contribution < -0.4 is 10.5 Å². The maximum atomic E-state index is 5.84. The maximum absolute atomic E-state index is 5.84. The topological polar surface area (TPSA) is 35.2 Å². The molecule has 0 heterocycles. The summed E-state index contributed by atoms with van der Waals surface area (Å²) in [7, 11) is 0. The predicted octanol–water partition coefficient (Wildman–Crippen LogP) is 4.32. The van der Waals surface area contributed by atoms with E-state index in [1.165, 1.54) is 0 Å². The number of rotatable bonds is 2. The Kier molecular flexibility index (Phi) is 3.56. The van der Waals surface area contributed by atoms with Crippen molar-refractivity contribution in [3.8, 4) is 11.5 Å². The Labute approximate surface area is 113 Å². The summed E-state index contributed by atoms with van der Waals surface area (Å²) in [6.45, 7) is 0. The van der Waals surface area contributed by atoms with Crippen LogP contribution in [0, 0.1) is 3.57 Å². The monoisotopic (exact) mass is 345 g/mol. The van der Waals surface area contributed by atoms with Crippen LogP contribution in [0.15, 0.2) is 42.5 Å². The highest BCUT2D eigenvalue weighted by atomic mass is 127. The zero-order chi connectivity index (χ0) is 11.5. The van der Waals surface area contributed by atoms with Gasteiger partial charge in [-0.2, -0.15) is 0 Å². The van der Waals surface area contributed by atoms with Gasteiger partial charge in [0.1, 0.15) is 11.5 Å². The fourth-order valence-electron chi connectivity index (χ4n) is 1.24. The fourth-order valence-corrected chi connectivity index (χ4v) is 1.88. The molecular weight excluding hydrogens is 336 g/mol. The minimum absolute atomic E-state index is 0.627. The fraction of sp³-hybridized carbons (Fsp3) is 0. The summed E-state index contributed by atoms with van der Waals surface area (Å²) in [6, 6.07) is 12.8. The molecule has 0 amide bonds. The molecule has 0 unspecified atom stereocenters. The van der Waals surface area contributed by atoms with Crippen molar-refractivity contribution in [2.24, 2.45) is 0 Å². The molecule has 16 heavy (non-hydrogen) atoms. The van der Waals surface area contributed by atoms with Gasteiger partial charge in [-0.1, -0.05) is 11.6 Å². The highest BCUT2D eigenvalue weighted by molar-refractivity contribution is 14.1. The van der Waals surface area contributed by atoms with Gasteiger partial charge in [0.05, 0.1) is 5.69 Å². The van der Waals surface area contributed by atoms with Gasteiger partial charge in [0.25, 0.3) is 0 Å². The number of hydrogen-bond acceptors (Lipinski definition) is 2. The molecule has 0 spiro atoms. The Hall–Kier alpha value is -0.940. The third kappa shape index (κ3) is 2.80. The van der Waals surface area contributed by atoms with Crippen molar-refractivity contribution < 1.29 is 4.74 Å². The van der Waals surface area contributed by atoms with E-state index in [0.29, 0.717) is 16.5 Å². The van der Waals surface area contributed by atoms with Crippen LogP contribution in [0.2, 0.25) is 5.02 Å². The molecule has 0 aliphatic carbocycles. The first-order valence-corrected chi connectivity index (χ1v) is 6.09. The first-order valence-electron chi connectivity index (χ1n) is 4.63. The molecule has 2 aromatic carbocycles. The lowest BCUT2D eigenvalue weighted by molar-refractivity contribution is 0.485. The van der Waals surface area contributed by atoms with Crippen molar-refractivity contribution in [1.29, 1.82) is 0 Å². The minimum Gasteiger partial charge on any atom is -0.455 e. The zero-order valence-corrected chi connectivity index (χ0v) is 11.2. The maximum Gasteiger partial charge on any atom is 0.150 e. The largest absolute Gasteiger partial charge is 0.455 e. The van der Waals surface area contributed by atoms with Crippen LogP contribution in [0.1, 0.15) is 0 Å². The molecule has 2 nitrogen and oxygen atoms in total. The number of benzene rings is 2. The summed E-state index contributed by atoms with van der Waals surface area (Å²) < 4.78 is 6.71. The lowest BCUT2D eigenvalue weighted by Gasteiger charge is -2.08. The highest BCUT2D eigenvalue weighted by Gasteiger charge is 2.02. The van der Waals surface area contributed by atoms with Gasteiger partial charge in [0.15, 0.2) is 0 Å². The summed E-state index contributed by atoms with van der Waals surface area (Å²) >= 11 is 7.99. The number of nitrogens with two attached hydrogens (primary N) is 1. The van der Waals surface area contributed by atoms with Gasteiger partial charge in [-0.3, -0.25) is 0 Å². The Balaban J connectivity index is 2.23. The van der Waals surface area contributed by atoms with E-state index in [4.69, 9.17) is 22.1 Å². The third-order valence-electron chi connectivity index (χ3n) is 2.01. The van der Waals surface area contributed by atoms with Crippen molar-refractivity contribution in [3.05, 3.63) is 51.1 Å². The first kappa shape index (κ1) is 11.5. The van der Waals surface area contributed by atoms with Gasteiger partial charge < -0.3 is 10.5 Å². The third-order valence-corrected chi connectivity index (χ3v) is 2.94. The van der Waals surface area contributed by atoms with E-state index in [1.54, 1.807) is 24.3 Å². The Morgan fingerprint density at radius 3 is 2.38 bits per heavy atom. The van der Waals surface area contributed by atoms with Crippen molar-refractivity contribution in [3.63, 3.8) is 0 Å². The van der Waals surface area contributed by atoms with Crippen LogP contribution in [0.4, 0.5) is 5.69 Å². The molecule has 2 aromatic rings. The molecule has 2 rings (SSSR count). The summed E-state index contributed by atoms with van der Waals surface area (Å²) in [5, 5.41) is 0.683. The smallest absolute Gasteiger partial charge is 0.150 e. The standard InChI is InChI=1S/C12H9ClINO/c13-8-1-4-10(5-2-8)16-12-6-3-9(14)7-11(12)15/h1-7H,15H2. The van der Waals surface area contributed by atoms with Gasteiger partial charge >= 0.3 is 0 Å². The quantitative estimate of drug-likeness (QED) is 0.650. The van der Waals surface area contributed by atoms with E-state index in [9.17, 15) is 0 Å². The molecule has 0 radical (unpaired) electrons. The molecular formula is C12H9ClINO. The zero-order valence-electron chi connectivity index (χ0n) is 8.28. The Morgan fingerprint density at radius 2 is 1.75 bits per heavy atom. The number of halogens is 2. The second-order valence-electron chi connectivity index (χ2n) is 3.24. The lowest BCUT2D eigenvalue weighted by Crippen LogP contribution is -1.92. The van der Waals surface area contributed by atoms with Crippen LogP contribution in [-0.2, 0) is 0 Å². The van der Waals surface area contributed by atoms with Crippen molar-refractivity contribution >= 4 is 39.9 Å². The normalized spacial score (nSPS) is 10.1. The Morgan fingerprint density at radius 1 is 1.06 bits per heavy atom. The second kappa shape index (κ2) is 4.93. The summed E-state index contributed by atoms with van der Waals surface area (Å²) in [4.78, 5) is 0. The van der Waals surface area contributed by atoms with Crippen molar-refractivity contribution in [1.82, 2.24) is 0 Å². The second-order valence-corrected chi connectivity index (χ2v) is 4.92. The molecule has 0 saturated heterocycles. The van der Waals surface area contributed by atoms with Gasteiger partial charge in [-0.05, 0) is 65.1 Å². The molecule has 2 N–H and O–H groups in total. The molecule has 0 saturated carbocycles. The predicted molar refractivity (Wildman–Crippen MR) is 75.1 cm³/mol. The van der Waals surface area contributed by atoms with E-state index in [0.717, 1.165) is 9.32 Å². The van der Waals surface area contributed by atoms with Crippen LogP contribution in [-0.4, -0.2) is 0 Å².